The van der Waals surface area contributed by atoms with Crippen LogP contribution in [-0.4, -0.2) is 48.1 Å². The van der Waals surface area contributed by atoms with Crippen molar-refractivity contribution in [1.82, 2.24) is 10.2 Å². The van der Waals surface area contributed by atoms with Gasteiger partial charge >= 0.3 is 5.97 Å². The van der Waals surface area contributed by atoms with E-state index in [-0.39, 0.29) is 6.42 Å². The van der Waals surface area contributed by atoms with E-state index in [9.17, 15) is 4.79 Å². The van der Waals surface area contributed by atoms with Crippen molar-refractivity contribution in [2.45, 2.75) is 25.2 Å². The Morgan fingerprint density at radius 2 is 2.16 bits per heavy atom. The van der Waals surface area contributed by atoms with Crippen molar-refractivity contribution in [1.29, 1.82) is 0 Å². The highest BCUT2D eigenvalue weighted by atomic mass is 16.5. The van der Waals surface area contributed by atoms with Crippen LogP contribution in [0.1, 0.15) is 30.9 Å². The lowest BCUT2D eigenvalue weighted by Crippen LogP contribution is -2.23. The Labute approximate surface area is 112 Å². The molecule has 0 spiro atoms. The molecule has 0 amide bonds. The SMILES string of the molecule is CN(CCC(=O)O)c1ccc(C2CCOCC2)nn1. The molecule has 0 unspecified atom stereocenters. The molecule has 0 aliphatic carbocycles. The van der Waals surface area contributed by atoms with Crippen LogP contribution in [0.15, 0.2) is 12.1 Å². The lowest BCUT2D eigenvalue weighted by molar-refractivity contribution is -0.136. The van der Waals surface area contributed by atoms with Gasteiger partial charge in [-0.3, -0.25) is 4.79 Å². The number of ether oxygens (including phenoxy) is 1. The summed E-state index contributed by atoms with van der Waals surface area (Å²) in [7, 11) is 1.82. The van der Waals surface area contributed by atoms with Crippen LogP contribution in [0.2, 0.25) is 0 Å². The molecule has 19 heavy (non-hydrogen) atoms. The normalized spacial score (nSPS) is 16.3. The number of carboxylic acids is 1. The molecule has 1 N–H and O–H groups in total. The third kappa shape index (κ3) is 3.89. The number of carbonyl (C=O) groups is 1. The zero-order valence-electron chi connectivity index (χ0n) is 11.1. The van der Waals surface area contributed by atoms with Gasteiger partial charge in [0.15, 0.2) is 5.82 Å². The van der Waals surface area contributed by atoms with Crippen LogP contribution in [-0.2, 0) is 9.53 Å². The van der Waals surface area contributed by atoms with Gasteiger partial charge in [0.2, 0.25) is 0 Å². The third-order valence-electron chi connectivity index (χ3n) is 3.36. The number of aliphatic carboxylic acids is 1. The van der Waals surface area contributed by atoms with E-state index in [1.54, 1.807) is 4.90 Å². The van der Waals surface area contributed by atoms with Crippen LogP contribution in [0.4, 0.5) is 5.82 Å². The Kier molecular flexibility index (Phi) is 4.68. The highest BCUT2D eigenvalue weighted by Crippen LogP contribution is 2.25. The molecule has 0 aromatic carbocycles. The van der Waals surface area contributed by atoms with E-state index in [0.717, 1.165) is 31.7 Å². The van der Waals surface area contributed by atoms with Crippen LogP contribution in [0.25, 0.3) is 0 Å². The molecule has 1 aromatic heterocycles. The number of aromatic nitrogens is 2. The molecule has 2 rings (SSSR count). The van der Waals surface area contributed by atoms with E-state index in [2.05, 4.69) is 10.2 Å². The molecule has 1 fully saturated rings. The molecule has 1 aliphatic heterocycles. The minimum atomic E-state index is -0.807. The summed E-state index contributed by atoms with van der Waals surface area (Å²) in [5.74, 6) is 0.329. The first-order valence-electron chi connectivity index (χ1n) is 6.51. The number of carboxylic acid groups (broad SMARTS) is 1. The summed E-state index contributed by atoms with van der Waals surface area (Å²) in [5, 5.41) is 17.1. The highest BCUT2D eigenvalue weighted by molar-refractivity contribution is 5.67. The van der Waals surface area contributed by atoms with Gasteiger partial charge in [0.25, 0.3) is 0 Å². The second-order valence-electron chi connectivity index (χ2n) is 4.77. The van der Waals surface area contributed by atoms with E-state index in [1.165, 1.54) is 0 Å². The Balaban J connectivity index is 1.95. The van der Waals surface area contributed by atoms with Gasteiger partial charge in [-0.15, -0.1) is 5.10 Å². The van der Waals surface area contributed by atoms with Crippen molar-refractivity contribution in [3.05, 3.63) is 17.8 Å². The third-order valence-corrected chi connectivity index (χ3v) is 3.36. The lowest BCUT2D eigenvalue weighted by Gasteiger charge is -2.22. The maximum Gasteiger partial charge on any atom is 0.305 e. The molecule has 6 nitrogen and oxygen atoms in total. The Morgan fingerprint density at radius 3 is 2.74 bits per heavy atom. The van der Waals surface area contributed by atoms with Gasteiger partial charge in [-0.1, -0.05) is 0 Å². The minimum Gasteiger partial charge on any atom is -0.481 e. The van der Waals surface area contributed by atoms with Crippen molar-refractivity contribution in [2.24, 2.45) is 0 Å². The Hall–Kier alpha value is -1.69. The molecule has 2 heterocycles. The van der Waals surface area contributed by atoms with Crippen molar-refractivity contribution in [3.63, 3.8) is 0 Å². The molecular weight excluding hydrogens is 246 g/mol. The maximum atomic E-state index is 10.5. The topological polar surface area (TPSA) is 75.6 Å². The van der Waals surface area contributed by atoms with Crippen LogP contribution >= 0.6 is 0 Å². The average molecular weight is 265 g/mol. The largest absolute Gasteiger partial charge is 0.481 e. The number of hydrogen-bond acceptors (Lipinski definition) is 5. The van der Waals surface area contributed by atoms with Crippen molar-refractivity contribution >= 4 is 11.8 Å². The molecule has 0 saturated carbocycles. The second-order valence-corrected chi connectivity index (χ2v) is 4.77. The summed E-state index contributed by atoms with van der Waals surface area (Å²) in [6.07, 6.45) is 2.08. The molecular formula is C13H19N3O3. The van der Waals surface area contributed by atoms with Crippen molar-refractivity contribution in [3.8, 4) is 0 Å². The van der Waals surface area contributed by atoms with Gasteiger partial charge < -0.3 is 14.7 Å². The molecule has 1 aliphatic rings. The van der Waals surface area contributed by atoms with Gasteiger partial charge in [0.05, 0.1) is 12.1 Å². The standard InChI is InChI=1S/C13H19N3O3/c1-16(7-4-13(17)18)12-3-2-11(14-15-12)10-5-8-19-9-6-10/h2-3,10H,4-9H2,1H3,(H,17,18). The monoisotopic (exact) mass is 265 g/mol. The van der Waals surface area contributed by atoms with Crippen molar-refractivity contribution < 1.29 is 14.6 Å². The molecule has 1 aromatic rings. The predicted molar refractivity (Wildman–Crippen MR) is 70.3 cm³/mol. The minimum absolute atomic E-state index is 0.0971. The quantitative estimate of drug-likeness (QED) is 0.864. The van der Waals surface area contributed by atoms with E-state index in [4.69, 9.17) is 9.84 Å². The molecule has 0 bridgehead atoms. The molecule has 1 saturated heterocycles. The lowest BCUT2D eigenvalue weighted by atomic mass is 9.96. The average Bonchev–Trinajstić information content (AvgIpc) is 2.46. The summed E-state index contributed by atoms with van der Waals surface area (Å²) in [4.78, 5) is 12.3. The fourth-order valence-corrected chi connectivity index (χ4v) is 2.13. The summed E-state index contributed by atoms with van der Waals surface area (Å²) in [5.41, 5.74) is 0.999. The molecule has 104 valence electrons. The number of nitrogens with zero attached hydrogens (tertiary/aromatic N) is 3. The van der Waals surface area contributed by atoms with Crippen LogP contribution in [0.3, 0.4) is 0 Å². The van der Waals surface area contributed by atoms with Gasteiger partial charge in [0, 0.05) is 32.7 Å². The van der Waals surface area contributed by atoms with Crippen molar-refractivity contribution in [2.75, 3.05) is 31.7 Å². The number of anilines is 1. The zero-order chi connectivity index (χ0) is 13.7. The summed E-state index contributed by atoms with van der Waals surface area (Å²) < 4.78 is 5.33. The smallest absolute Gasteiger partial charge is 0.305 e. The molecule has 0 radical (unpaired) electrons. The zero-order valence-corrected chi connectivity index (χ0v) is 11.1. The molecule has 0 atom stereocenters. The first-order chi connectivity index (χ1) is 9.16. The second kappa shape index (κ2) is 6.47. The van der Waals surface area contributed by atoms with Crippen LogP contribution in [0.5, 0.6) is 0 Å². The van der Waals surface area contributed by atoms with Gasteiger partial charge in [-0.2, -0.15) is 5.10 Å². The van der Waals surface area contributed by atoms with Gasteiger partial charge in [0.1, 0.15) is 0 Å². The van der Waals surface area contributed by atoms with Crippen LogP contribution < -0.4 is 4.90 Å². The first kappa shape index (κ1) is 13.7. The summed E-state index contributed by atoms with van der Waals surface area (Å²) >= 11 is 0. The van der Waals surface area contributed by atoms with E-state index >= 15 is 0 Å². The number of rotatable bonds is 5. The van der Waals surface area contributed by atoms with Gasteiger partial charge in [-0.05, 0) is 25.0 Å². The fourth-order valence-electron chi connectivity index (χ4n) is 2.13. The number of hydrogen-bond donors (Lipinski definition) is 1. The summed E-state index contributed by atoms with van der Waals surface area (Å²) in [6.45, 7) is 2.00. The molecule has 6 heteroatoms. The fraction of sp³-hybridized carbons (Fsp3) is 0.615. The van der Waals surface area contributed by atoms with Gasteiger partial charge in [-0.25, -0.2) is 0 Å². The van der Waals surface area contributed by atoms with Crippen LogP contribution in [0, 0.1) is 0 Å². The van der Waals surface area contributed by atoms with E-state index in [1.807, 2.05) is 19.2 Å². The Morgan fingerprint density at radius 1 is 1.42 bits per heavy atom. The Bertz CT molecular complexity index is 416. The highest BCUT2D eigenvalue weighted by Gasteiger charge is 2.17. The maximum absolute atomic E-state index is 10.5. The van der Waals surface area contributed by atoms with E-state index in [0.29, 0.717) is 18.3 Å². The summed E-state index contributed by atoms with van der Waals surface area (Å²) in [6, 6.07) is 3.88. The first-order valence-corrected chi connectivity index (χ1v) is 6.51. The van der Waals surface area contributed by atoms with E-state index < -0.39 is 5.97 Å². The predicted octanol–water partition coefficient (Wildman–Crippen LogP) is 1.28.